The molecule has 0 aliphatic heterocycles. The van der Waals surface area contributed by atoms with E-state index < -0.39 is 0 Å². The summed E-state index contributed by atoms with van der Waals surface area (Å²) in [5.74, 6) is 0. The van der Waals surface area contributed by atoms with Crippen LogP contribution < -0.4 is 11.1 Å². The van der Waals surface area contributed by atoms with Crippen LogP contribution in [0.25, 0.3) is 0 Å². The van der Waals surface area contributed by atoms with Crippen molar-refractivity contribution >= 4 is 23.0 Å². The zero-order valence-electron chi connectivity index (χ0n) is 9.86. The second-order valence-electron chi connectivity index (χ2n) is 4.06. The van der Waals surface area contributed by atoms with Gasteiger partial charge in [-0.05, 0) is 29.3 Å². The fourth-order valence-electron chi connectivity index (χ4n) is 1.72. The Morgan fingerprint density at radius 2 is 1.89 bits per heavy atom. The average molecular weight is 263 g/mol. The van der Waals surface area contributed by atoms with Gasteiger partial charge in [-0.15, -0.1) is 0 Å². The van der Waals surface area contributed by atoms with E-state index in [-0.39, 0.29) is 6.61 Å². The monoisotopic (exact) mass is 262 g/mol. The van der Waals surface area contributed by atoms with E-state index in [4.69, 9.17) is 22.4 Å². The van der Waals surface area contributed by atoms with Crippen molar-refractivity contribution in [2.75, 3.05) is 11.1 Å². The van der Waals surface area contributed by atoms with Crippen molar-refractivity contribution in [2.24, 2.45) is 0 Å². The summed E-state index contributed by atoms with van der Waals surface area (Å²) in [5, 5.41) is 12.9. The molecule has 0 heterocycles. The molecule has 0 bridgehead atoms. The predicted octanol–water partition coefficient (Wildman–Crippen LogP) is 3.03. The lowest BCUT2D eigenvalue weighted by molar-refractivity contribution is 0.281. The summed E-state index contributed by atoms with van der Waals surface area (Å²) in [6.45, 7) is 0.686. The van der Waals surface area contributed by atoms with Gasteiger partial charge < -0.3 is 16.2 Å². The average Bonchev–Trinajstić information content (AvgIpc) is 2.40. The lowest BCUT2D eigenvalue weighted by Gasteiger charge is -2.10. The van der Waals surface area contributed by atoms with Crippen molar-refractivity contribution in [2.45, 2.75) is 13.2 Å². The summed E-state index contributed by atoms with van der Waals surface area (Å²) in [6, 6.07) is 13.1. The van der Waals surface area contributed by atoms with Crippen LogP contribution in [0.4, 0.5) is 11.4 Å². The number of rotatable bonds is 4. The van der Waals surface area contributed by atoms with Crippen LogP contribution in [0.5, 0.6) is 0 Å². The Balaban J connectivity index is 2.08. The van der Waals surface area contributed by atoms with Gasteiger partial charge in [0.15, 0.2) is 0 Å². The van der Waals surface area contributed by atoms with Crippen molar-refractivity contribution in [1.82, 2.24) is 0 Å². The highest BCUT2D eigenvalue weighted by molar-refractivity contribution is 6.31. The molecule has 2 rings (SSSR count). The van der Waals surface area contributed by atoms with E-state index in [1.807, 2.05) is 24.3 Å². The molecule has 0 aliphatic rings. The third-order valence-electron chi connectivity index (χ3n) is 2.67. The molecule has 0 aliphatic carbocycles. The molecule has 0 fully saturated rings. The van der Waals surface area contributed by atoms with Crippen LogP contribution >= 0.6 is 11.6 Å². The van der Waals surface area contributed by atoms with Gasteiger partial charge in [-0.1, -0.05) is 35.9 Å². The van der Waals surface area contributed by atoms with Crippen LogP contribution in [0, 0.1) is 0 Å². The Labute approximate surface area is 111 Å². The number of halogens is 1. The van der Waals surface area contributed by atoms with Gasteiger partial charge >= 0.3 is 0 Å². The molecule has 0 saturated heterocycles. The van der Waals surface area contributed by atoms with Crippen LogP contribution in [0.15, 0.2) is 42.5 Å². The number of nitrogen functional groups attached to an aromatic ring is 1. The minimum absolute atomic E-state index is 0.0488. The first kappa shape index (κ1) is 12.7. The van der Waals surface area contributed by atoms with Crippen molar-refractivity contribution in [3.05, 3.63) is 58.6 Å². The number of nitrogens with one attached hydrogen (secondary N) is 1. The molecule has 3 nitrogen and oxygen atoms in total. The molecule has 0 saturated carbocycles. The summed E-state index contributed by atoms with van der Waals surface area (Å²) in [5.41, 5.74) is 9.31. The molecule has 0 radical (unpaired) electrons. The molecule has 4 N–H and O–H groups in total. The summed E-state index contributed by atoms with van der Waals surface area (Å²) in [6.07, 6.45) is 0. The maximum absolute atomic E-state index is 9.07. The van der Waals surface area contributed by atoms with Gasteiger partial charge in [0, 0.05) is 11.6 Å². The highest BCUT2D eigenvalue weighted by atomic mass is 35.5. The molecule has 0 amide bonds. The first-order valence-corrected chi connectivity index (χ1v) is 6.04. The smallest absolute Gasteiger partial charge is 0.0681 e. The fourth-order valence-corrected chi connectivity index (χ4v) is 1.89. The van der Waals surface area contributed by atoms with E-state index in [2.05, 4.69) is 5.32 Å². The second kappa shape index (κ2) is 5.76. The molecule has 0 unspecified atom stereocenters. The number of nitrogens with two attached hydrogens (primary N) is 1. The minimum Gasteiger partial charge on any atom is -0.397 e. The summed E-state index contributed by atoms with van der Waals surface area (Å²) in [7, 11) is 0. The van der Waals surface area contributed by atoms with E-state index in [0.717, 1.165) is 16.8 Å². The van der Waals surface area contributed by atoms with Crippen molar-refractivity contribution in [3.63, 3.8) is 0 Å². The largest absolute Gasteiger partial charge is 0.397 e. The van der Waals surface area contributed by atoms with Crippen molar-refractivity contribution in [3.8, 4) is 0 Å². The van der Waals surface area contributed by atoms with Gasteiger partial charge in [0.05, 0.1) is 18.0 Å². The lowest BCUT2D eigenvalue weighted by Crippen LogP contribution is -2.02. The minimum atomic E-state index is 0.0488. The lowest BCUT2D eigenvalue weighted by atomic mass is 10.1. The highest BCUT2D eigenvalue weighted by Gasteiger charge is 2.00. The van der Waals surface area contributed by atoms with Crippen molar-refractivity contribution < 1.29 is 5.11 Å². The van der Waals surface area contributed by atoms with Gasteiger partial charge in [-0.2, -0.15) is 0 Å². The van der Waals surface area contributed by atoms with E-state index in [9.17, 15) is 0 Å². The number of hydrogen-bond donors (Lipinski definition) is 3. The van der Waals surface area contributed by atoms with E-state index in [0.29, 0.717) is 17.3 Å². The van der Waals surface area contributed by atoms with Gasteiger partial charge in [0.2, 0.25) is 0 Å². The van der Waals surface area contributed by atoms with Crippen LogP contribution in [0.2, 0.25) is 5.02 Å². The highest BCUT2D eigenvalue weighted by Crippen LogP contribution is 2.23. The van der Waals surface area contributed by atoms with Crippen LogP contribution in [0.3, 0.4) is 0 Å². The van der Waals surface area contributed by atoms with Crippen LogP contribution in [-0.4, -0.2) is 5.11 Å². The molecule has 94 valence electrons. The molecular formula is C14H15ClN2O. The maximum Gasteiger partial charge on any atom is 0.0681 e. The summed E-state index contributed by atoms with van der Waals surface area (Å²) >= 11 is 5.92. The Hall–Kier alpha value is -1.71. The maximum atomic E-state index is 9.07. The quantitative estimate of drug-likeness (QED) is 0.743. The molecule has 18 heavy (non-hydrogen) atoms. The standard InChI is InChI=1S/C14H15ClN2O/c15-12-4-5-13(16)14(7-12)17-8-10-2-1-3-11(6-10)9-18/h1-7,17-18H,8-9,16H2. The number of aliphatic hydroxyl groups excluding tert-OH is 1. The number of aliphatic hydroxyl groups is 1. The first-order chi connectivity index (χ1) is 8.69. The fraction of sp³-hybridized carbons (Fsp3) is 0.143. The third kappa shape index (κ3) is 3.15. The molecule has 0 spiro atoms. The van der Waals surface area contributed by atoms with Gasteiger partial charge in [0.25, 0.3) is 0 Å². The molecule has 4 heteroatoms. The molecule has 2 aromatic rings. The number of anilines is 2. The van der Waals surface area contributed by atoms with Crippen molar-refractivity contribution in [1.29, 1.82) is 0 Å². The van der Waals surface area contributed by atoms with Crippen LogP contribution in [-0.2, 0) is 13.2 Å². The van der Waals surface area contributed by atoms with E-state index >= 15 is 0 Å². The zero-order valence-corrected chi connectivity index (χ0v) is 10.6. The second-order valence-corrected chi connectivity index (χ2v) is 4.50. The topological polar surface area (TPSA) is 58.3 Å². The van der Waals surface area contributed by atoms with E-state index in [1.54, 1.807) is 18.2 Å². The van der Waals surface area contributed by atoms with Crippen LogP contribution in [0.1, 0.15) is 11.1 Å². The van der Waals surface area contributed by atoms with Gasteiger partial charge in [-0.25, -0.2) is 0 Å². The number of hydrogen-bond acceptors (Lipinski definition) is 3. The third-order valence-corrected chi connectivity index (χ3v) is 2.91. The molecule has 0 atom stereocenters. The number of benzene rings is 2. The Morgan fingerprint density at radius 3 is 2.67 bits per heavy atom. The zero-order chi connectivity index (χ0) is 13.0. The van der Waals surface area contributed by atoms with Gasteiger partial charge in [-0.3, -0.25) is 0 Å². The SMILES string of the molecule is Nc1ccc(Cl)cc1NCc1cccc(CO)c1. The predicted molar refractivity (Wildman–Crippen MR) is 75.6 cm³/mol. The normalized spacial score (nSPS) is 10.3. The Bertz CT molecular complexity index is 543. The molecule has 0 aromatic heterocycles. The molecule has 2 aromatic carbocycles. The summed E-state index contributed by atoms with van der Waals surface area (Å²) in [4.78, 5) is 0. The first-order valence-electron chi connectivity index (χ1n) is 5.66. The Kier molecular flexibility index (Phi) is 4.07. The molecular weight excluding hydrogens is 248 g/mol. The Morgan fingerprint density at radius 1 is 1.11 bits per heavy atom. The van der Waals surface area contributed by atoms with E-state index in [1.165, 1.54) is 0 Å². The summed E-state index contributed by atoms with van der Waals surface area (Å²) < 4.78 is 0. The van der Waals surface area contributed by atoms with Gasteiger partial charge in [0.1, 0.15) is 0 Å².